The largest absolute Gasteiger partial charge is 0.378 e. The molecule has 36 heavy (non-hydrogen) atoms. The van der Waals surface area contributed by atoms with Crippen molar-refractivity contribution in [3.63, 3.8) is 0 Å². The zero-order valence-electron chi connectivity index (χ0n) is 19.2. The molecule has 5 aromatic rings. The zero-order chi connectivity index (χ0) is 24.5. The number of hydrogen-bond acceptors (Lipinski definition) is 7. The molecule has 0 radical (unpaired) electrons. The Bertz CT molecular complexity index is 1520. The number of carbonyl (C=O) groups excluding carboxylic acids is 1. The third-order valence-electron chi connectivity index (χ3n) is 6.06. The molecule has 8 nitrogen and oxygen atoms in total. The van der Waals surface area contributed by atoms with E-state index in [1.807, 2.05) is 66.7 Å². The summed E-state index contributed by atoms with van der Waals surface area (Å²) in [7, 11) is 0. The van der Waals surface area contributed by atoms with Crippen LogP contribution in [0.3, 0.4) is 0 Å². The lowest BCUT2D eigenvalue weighted by Gasteiger charge is -2.28. The van der Waals surface area contributed by atoms with Gasteiger partial charge in [-0.1, -0.05) is 35.0 Å². The molecular formula is C26H22ClN5O3S. The van der Waals surface area contributed by atoms with E-state index in [4.69, 9.17) is 20.9 Å². The van der Waals surface area contributed by atoms with Crippen LogP contribution in [-0.4, -0.2) is 47.1 Å². The van der Waals surface area contributed by atoms with Crippen LogP contribution < -0.4 is 10.2 Å². The molecule has 1 aliphatic heterocycles. The van der Waals surface area contributed by atoms with E-state index in [-0.39, 0.29) is 5.91 Å². The second-order valence-corrected chi connectivity index (χ2v) is 10.1. The Kier molecular flexibility index (Phi) is 6.18. The molecular weight excluding hydrogens is 498 g/mol. The smallest absolute Gasteiger partial charge is 0.276 e. The van der Waals surface area contributed by atoms with Crippen molar-refractivity contribution < 1.29 is 14.1 Å². The highest BCUT2D eigenvalue weighted by Crippen LogP contribution is 2.31. The highest BCUT2D eigenvalue weighted by Gasteiger charge is 2.19. The summed E-state index contributed by atoms with van der Waals surface area (Å²) in [5, 5.41) is 12.6. The van der Waals surface area contributed by atoms with Gasteiger partial charge in [0.05, 0.1) is 34.5 Å². The molecule has 1 saturated heterocycles. The Hall–Kier alpha value is -3.66. The van der Waals surface area contributed by atoms with Gasteiger partial charge in [-0.3, -0.25) is 9.48 Å². The van der Waals surface area contributed by atoms with E-state index < -0.39 is 0 Å². The summed E-state index contributed by atoms with van der Waals surface area (Å²) < 4.78 is 13.4. The van der Waals surface area contributed by atoms with Crippen molar-refractivity contribution in [2.24, 2.45) is 0 Å². The van der Waals surface area contributed by atoms with E-state index in [1.54, 1.807) is 4.68 Å². The van der Waals surface area contributed by atoms with E-state index in [9.17, 15) is 4.79 Å². The lowest BCUT2D eigenvalue weighted by atomic mass is 10.2. The number of nitrogens with one attached hydrogen (secondary N) is 1. The minimum Gasteiger partial charge on any atom is -0.378 e. The van der Waals surface area contributed by atoms with Gasteiger partial charge in [0.25, 0.3) is 5.91 Å². The number of morpholine rings is 1. The molecule has 0 bridgehead atoms. The standard InChI is InChI=1S/C26H22ClN5O3S/c27-24-10-9-23(36-24)22-15-18(30-35-22)16-32-21-4-2-1-3-20(21)25(29-32)26(33)28-17-5-7-19(8-6-17)31-11-13-34-14-12-31/h1-10,15H,11-14,16H2,(H,28,33). The van der Waals surface area contributed by atoms with E-state index >= 15 is 0 Å². The molecule has 0 aliphatic carbocycles. The first-order valence-corrected chi connectivity index (χ1v) is 12.7. The lowest BCUT2D eigenvalue weighted by molar-refractivity contribution is 0.102. The third-order valence-corrected chi connectivity index (χ3v) is 7.31. The number of carbonyl (C=O) groups is 1. The van der Waals surface area contributed by atoms with Crippen molar-refractivity contribution >= 4 is 51.1 Å². The Balaban J connectivity index is 1.22. The highest BCUT2D eigenvalue weighted by atomic mass is 35.5. The summed E-state index contributed by atoms with van der Waals surface area (Å²) in [5.74, 6) is 0.384. The van der Waals surface area contributed by atoms with Crippen LogP contribution in [0, 0.1) is 0 Å². The first kappa shape index (κ1) is 22.8. The minimum atomic E-state index is -0.266. The number of aromatic nitrogens is 3. The number of benzene rings is 2. The van der Waals surface area contributed by atoms with Gasteiger partial charge in [-0.15, -0.1) is 11.3 Å². The maximum absolute atomic E-state index is 13.2. The molecule has 1 amide bonds. The molecule has 0 atom stereocenters. The average molecular weight is 520 g/mol. The molecule has 182 valence electrons. The van der Waals surface area contributed by atoms with Crippen molar-refractivity contribution in [1.29, 1.82) is 0 Å². The number of para-hydroxylation sites is 1. The summed E-state index contributed by atoms with van der Waals surface area (Å²) in [6.07, 6.45) is 0. The quantitative estimate of drug-likeness (QED) is 0.317. The van der Waals surface area contributed by atoms with E-state index in [0.29, 0.717) is 33.7 Å². The van der Waals surface area contributed by atoms with Gasteiger partial charge in [-0.25, -0.2) is 0 Å². The van der Waals surface area contributed by atoms with Gasteiger partial charge in [0.2, 0.25) is 0 Å². The van der Waals surface area contributed by atoms with Crippen molar-refractivity contribution in [3.05, 3.63) is 82.5 Å². The summed E-state index contributed by atoms with van der Waals surface area (Å²) in [6, 6.07) is 21.1. The van der Waals surface area contributed by atoms with E-state index in [1.165, 1.54) is 11.3 Å². The lowest BCUT2D eigenvalue weighted by Crippen LogP contribution is -2.36. The summed E-state index contributed by atoms with van der Waals surface area (Å²) in [5.41, 5.74) is 3.73. The van der Waals surface area contributed by atoms with Crippen molar-refractivity contribution in [2.75, 3.05) is 36.5 Å². The number of anilines is 2. The number of halogens is 1. The monoisotopic (exact) mass is 519 g/mol. The number of thiophene rings is 1. The second kappa shape index (κ2) is 9.77. The number of amides is 1. The van der Waals surface area contributed by atoms with Gasteiger partial charge in [-0.05, 0) is 42.5 Å². The summed E-state index contributed by atoms with van der Waals surface area (Å²) in [6.45, 7) is 3.55. The molecule has 1 aliphatic rings. The number of ether oxygens (including phenoxy) is 1. The second-order valence-electron chi connectivity index (χ2n) is 8.41. The number of rotatable bonds is 6. The van der Waals surface area contributed by atoms with Crippen LogP contribution in [0.15, 0.2) is 71.3 Å². The van der Waals surface area contributed by atoms with Gasteiger partial charge < -0.3 is 19.5 Å². The molecule has 1 fully saturated rings. The third kappa shape index (κ3) is 4.60. The average Bonchev–Trinajstić information content (AvgIpc) is 3.64. The number of nitrogens with zero attached hydrogens (tertiary/aromatic N) is 4. The molecule has 0 saturated carbocycles. The molecule has 3 aromatic heterocycles. The highest BCUT2D eigenvalue weighted by molar-refractivity contribution is 7.19. The molecule has 2 aromatic carbocycles. The normalized spacial score (nSPS) is 13.9. The fourth-order valence-electron chi connectivity index (χ4n) is 4.29. The minimum absolute atomic E-state index is 0.266. The van der Waals surface area contributed by atoms with Crippen LogP contribution in [0.4, 0.5) is 11.4 Å². The molecule has 0 spiro atoms. The van der Waals surface area contributed by atoms with Gasteiger partial charge in [0.15, 0.2) is 11.5 Å². The molecule has 1 N–H and O–H groups in total. The maximum Gasteiger partial charge on any atom is 0.276 e. The van der Waals surface area contributed by atoms with Gasteiger partial charge in [-0.2, -0.15) is 5.10 Å². The fourth-order valence-corrected chi connectivity index (χ4v) is 5.28. The van der Waals surface area contributed by atoms with Gasteiger partial charge in [0.1, 0.15) is 5.69 Å². The number of hydrogen-bond donors (Lipinski definition) is 1. The van der Waals surface area contributed by atoms with Crippen LogP contribution in [0.1, 0.15) is 16.2 Å². The topological polar surface area (TPSA) is 85.4 Å². The van der Waals surface area contributed by atoms with Crippen LogP contribution in [0.2, 0.25) is 4.34 Å². The zero-order valence-corrected chi connectivity index (χ0v) is 20.8. The summed E-state index contributed by atoms with van der Waals surface area (Å²) >= 11 is 7.47. The van der Waals surface area contributed by atoms with Crippen LogP contribution >= 0.6 is 22.9 Å². The molecule has 6 rings (SSSR count). The van der Waals surface area contributed by atoms with Crippen LogP contribution in [-0.2, 0) is 11.3 Å². The van der Waals surface area contributed by atoms with Crippen molar-refractivity contribution in [1.82, 2.24) is 14.9 Å². The molecule has 4 heterocycles. The predicted octanol–water partition coefficient (Wildman–Crippen LogP) is 5.54. The van der Waals surface area contributed by atoms with Crippen molar-refractivity contribution in [3.8, 4) is 10.6 Å². The number of fused-ring (bicyclic) bond motifs is 1. The van der Waals surface area contributed by atoms with Gasteiger partial charge >= 0.3 is 0 Å². The van der Waals surface area contributed by atoms with Crippen molar-refractivity contribution in [2.45, 2.75) is 6.54 Å². The van der Waals surface area contributed by atoms with Gasteiger partial charge in [0, 0.05) is 35.9 Å². The maximum atomic E-state index is 13.2. The Morgan fingerprint density at radius 2 is 1.86 bits per heavy atom. The molecule has 0 unspecified atom stereocenters. The predicted molar refractivity (Wildman–Crippen MR) is 141 cm³/mol. The first-order valence-electron chi connectivity index (χ1n) is 11.5. The Morgan fingerprint density at radius 3 is 2.64 bits per heavy atom. The van der Waals surface area contributed by atoms with Crippen LogP contribution in [0.5, 0.6) is 0 Å². The fraction of sp³-hybridized carbons (Fsp3) is 0.192. The Morgan fingerprint density at radius 1 is 1.06 bits per heavy atom. The molecule has 10 heteroatoms. The van der Waals surface area contributed by atoms with E-state index in [2.05, 4.69) is 20.5 Å². The Labute approximate surface area is 216 Å². The van der Waals surface area contributed by atoms with E-state index in [0.717, 1.165) is 47.8 Å². The SMILES string of the molecule is O=C(Nc1ccc(N2CCOCC2)cc1)c1nn(Cc2cc(-c3ccc(Cl)s3)on2)c2ccccc12. The first-order chi connectivity index (χ1) is 17.6. The summed E-state index contributed by atoms with van der Waals surface area (Å²) in [4.78, 5) is 16.4. The van der Waals surface area contributed by atoms with Crippen LogP contribution in [0.25, 0.3) is 21.5 Å².